The van der Waals surface area contributed by atoms with Crippen molar-refractivity contribution in [1.82, 2.24) is 16.1 Å². The number of aliphatic hydroxyl groups excluding tert-OH is 1. The lowest BCUT2D eigenvalue weighted by Crippen LogP contribution is -2.45. The third-order valence-electron chi connectivity index (χ3n) is 7.69. The summed E-state index contributed by atoms with van der Waals surface area (Å²) in [6.07, 6.45) is 0.305. The quantitative estimate of drug-likeness (QED) is 0.0507. The van der Waals surface area contributed by atoms with Gasteiger partial charge in [-0.15, -0.1) is 0 Å². The summed E-state index contributed by atoms with van der Waals surface area (Å²) < 4.78 is 28.5. The molecule has 2 amide bonds. The molecule has 4 N–H and O–H groups in total. The Bertz CT molecular complexity index is 1910. The number of carbonyl (C=O) groups excluding carboxylic acids is 2. The van der Waals surface area contributed by atoms with Crippen molar-refractivity contribution in [2.24, 2.45) is 5.10 Å². The van der Waals surface area contributed by atoms with E-state index in [1.807, 2.05) is 38.1 Å². The summed E-state index contributed by atoms with van der Waals surface area (Å²) in [5.74, 6) is 1.01. The average molecular weight is 703 g/mol. The molecule has 4 aromatic carbocycles. The standard InChI is InChI=1S/C37H39ClN4O8/c1-5-47-30-18-25(34-33(36(44)46-4)22(3)40-37(45)41-34)14-15-29(30)49-21-32(43)42-39-19-23-16-28(38)35(31(17-23)48-6-2)50-20-26-12-9-11-24-10-7-8-13-27(24)26/h7-19,32,34,42-43H,5-6,20-21H2,1-4H3,(H2,40,41,45)/b39-19-/t32-,34+/m1/s1. The molecule has 12 nitrogen and oxygen atoms in total. The Morgan fingerprint density at radius 3 is 2.52 bits per heavy atom. The van der Waals surface area contributed by atoms with Crippen molar-refractivity contribution >= 4 is 40.6 Å². The van der Waals surface area contributed by atoms with E-state index in [0.717, 1.165) is 16.3 Å². The lowest BCUT2D eigenvalue weighted by Gasteiger charge is -2.28. The molecule has 50 heavy (non-hydrogen) atoms. The number of hydrazone groups is 1. The molecule has 2 atom stereocenters. The Labute approximate surface area is 295 Å². The molecule has 1 heterocycles. The highest BCUT2D eigenvalue weighted by Gasteiger charge is 2.32. The molecule has 0 spiro atoms. The maximum atomic E-state index is 12.5. The number of fused-ring (bicyclic) bond motifs is 1. The number of methoxy groups -OCH3 is 1. The molecule has 0 radical (unpaired) electrons. The molecule has 4 aromatic rings. The zero-order valence-electron chi connectivity index (χ0n) is 28.1. The van der Waals surface area contributed by atoms with Gasteiger partial charge in [-0.25, -0.2) is 9.59 Å². The number of allylic oxidation sites excluding steroid dienone is 1. The normalized spacial score (nSPS) is 14.9. The van der Waals surface area contributed by atoms with Crippen molar-refractivity contribution in [3.63, 3.8) is 0 Å². The Kier molecular flexibility index (Phi) is 12.0. The number of hydrogen-bond donors (Lipinski definition) is 4. The van der Waals surface area contributed by atoms with Gasteiger partial charge in [-0.3, -0.25) is 5.43 Å². The smallest absolute Gasteiger partial charge is 0.337 e. The van der Waals surface area contributed by atoms with Gasteiger partial charge in [-0.05, 0) is 72.5 Å². The second kappa shape index (κ2) is 16.8. The van der Waals surface area contributed by atoms with Crippen LogP contribution in [0.5, 0.6) is 23.0 Å². The first kappa shape index (κ1) is 35.8. The Morgan fingerprint density at radius 2 is 1.74 bits per heavy atom. The van der Waals surface area contributed by atoms with E-state index < -0.39 is 24.3 Å². The van der Waals surface area contributed by atoms with Crippen LogP contribution in [0.4, 0.5) is 4.79 Å². The predicted molar refractivity (Wildman–Crippen MR) is 190 cm³/mol. The van der Waals surface area contributed by atoms with Crippen LogP contribution in [0.1, 0.15) is 43.5 Å². The first-order valence-electron chi connectivity index (χ1n) is 16.0. The van der Waals surface area contributed by atoms with E-state index in [0.29, 0.717) is 64.7 Å². The number of halogens is 1. The minimum atomic E-state index is -1.19. The number of nitrogens with one attached hydrogen (secondary N) is 3. The van der Waals surface area contributed by atoms with E-state index in [1.54, 1.807) is 37.3 Å². The summed E-state index contributed by atoms with van der Waals surface area (Å²) in [4.78, 5) is 24.7. The fourth-order valence-electron chi connectivity index (χ4n) is 5.45. The van der Waals surface area contributed by atoms with Crippen LogP contribution in [0.25, 0.3) is 10.8 Å². The second-order valence-corrected chi connectivity index (χ2v) is 11.5. The maximum Gasteiger partial charge on any atom is 0.337 e. The lowest BCUT2D eigenvalue weighted by molar-refractivity contribution is -0.136. The third-order valence-corrected chi connectivity index (χ3v) is 7.97. The van der Waals surface area contributed by atoms with Crippen molar-refractivity contribution in [3.8, 4) is 23.0 Å². The number of carbonyl (C=O) groups is 2. The molecule has 0 unspecified atom stereocenters. The number of nitrogens with zero attached hydrogens (tertiary/aromatic N) is 1. The number of urea groups is 1. The first-order chi connectivity index (χ1) is 24.2. The molecule has 1 aliphatic heterocycles. The Morgan fingerprint density at radius 1 is 0.980 bits per heavy atom. The molecule has 0 saturated heterocycles. The predicted octanol–water partition coefficient (Wildman–Crippen LogP) is 5.99. The van der Waals surface area contributed by atoms with Crippen LogP contribution in [0.3, 0.4) is 0 Å². The monoisotopic (exact) mass is 702 g/mol. The topological polar surface area (TPSA) is 149 Å². The van der Waals surface area contributed by atoms with Crippen molar-refractivity contribution in [2.75, 3.05) is 26.9 Å². The molecule has 0 fully saturated rings. The van der Waals surface area contributed by atoms with Crippen molar-refractivity contribution in [1.29, 1.82) is 0 Å². The van der Waals surface area contributed by atoms with Gasteiger partial charge in [-0.2, -0.15) is 5.10 Å². The minimum Gasteiger partial charge on any atom is -0.490 e. The van der Waals surface area contributed by atoms with Gasteiger partial charge in [0.15, 0.2) is 29.2 Å². The summed E-state index contributed by atoms with van der Waals surface area (Å²) in [5, 5.41) is 22.6. The highest BCUT2D eigenvalue weighted by molar-refractivity contribution is 6.32. The molecule has 1 aliphatic rings. The van der Waals surface area contributed by atoms with Crippen molar-refractivity contribution in [2.45, 2.75) is 39.6 Å². The van der Waals surface area contributed by atoms with Gasteiger partial charge < -0.3 is 39.4 Å². The van der Waals surface area contributed by atoms with Gasteiger partial charge >= 0.3 is 12.0 Å². The zero-order chi connectivity index (χ0) is 35.6. The van der Waals surface area contributed by atoms with E-state index in [-0.39, 0.29) is 12.2 Å². The fourth-order valence-corrected chi connectivity index (χ4v) is 5.73. The summed E-state index contributed by atoms with van der Waals surface area (Å²) in [5.41, 5.74) is 5.49. The van der Waals surface area contributed by atoms with Crippen LogP contribution >= 0.6 is 11.6 Å². The number of esters is 1. The van der Waals surface area contributed by atoms with Crippen LogP contribution in [0.15, 0.2) is 89.2 Å². The van der Waals surface area contributed by atoms with Gasteiger partial charge in [0.25, 0.3) is 0 Å². The summed E-state index contributed by atoms with van der Waals surface area (Å²) >= 11 is 6.64. The van der Waals surface area contributed by atoms with Gasteiger partial charge in [0.2, 0.25) is 0 Å². The number of benzene rings is 4. The number of amides is 2. The van der Waals surface area contributed by atoms with Gasteiger partial charge in [-0.1, -0.05) is 60.1 Å². The molecule has 262 valence electrons. The number of aliphatic hydroxyl groups is 1. The van der Waals surface area contributed by atoms with E-state index in [1.165, 1.54) is 13.3 Å². The third kappa shape index (κ3) is 8.57. The summed E-state index contributed by atoms with van der Waals surface area (Å²) in [7, 11) is 1.27. The molecule has 5 rings (SSSR count). The molecule has 0 bridgehead atoms. The Balaban J connectivity index is 1.23. The van der Waals surface area contributed by atoms with E-state index >= 15 is 0 Å². The highest BCUT2D eigenvalue weighted by atomic mass is 35.5. The number of rotatable bonds is 15. The van der Waals surface area contributed by atoms with Gasteiger partial charge in [0.1, 0.15) is 13.2 Å². The van der Waals surface area contributed by atoms with Gasteiger partial charge in [0.05, 0.1) is 43.2 Å². The zero-order valence-corrected chi connectivity index (χ0v) is 28.9. The summed E-state index contributed by atoms with van der Waals surface area (Å²) in [6.45, 7) is 6.14. The maximum absolute atomic E-state index is 12.5. The number of hydrogen-bond acceptors (Lipinski definition) is 10. The average Bonchev–Trinajstić information content (AvgIpc) is 3.10. The molecule has 0 aromatic heterocycles. The van der Waals surface area contributed by atoms with E-state index in [2.05, 4.69) is 39.4 Å². The highest BCUT2D eigenvalue weighted by Crippen LogP contribution is 2.38. The van der Waals surface area contributed by atoms with Crippen LogP contribution in [0, 0.1) is 0 Å². The van der Waals surface area contributed by atoms with Gasteiger partial charge in [0, 0.05) is 5.70 Å². The van der Waals surface area contributed by atoms with E-state index in [4.69, 9.17) is 35.3 Å². The van der Waals surface area contributed by atoms with Crippen LogP contribution in [0.2, 0.25) is 5.02 Å². The fraction of sp³-hybridized carbons (Fsp3) is 0.270. The van der Waals surface area contributed by atoms with Crippen molar-refractivity contribution < 1.29 is 38.4 Å². The first-order valence-corrected chi connectivity index (χ1v) is 16.4. The molecular weight excluding hydrogens is 664 g/mol. The van der Waals surface area contributed by atoms with Crippen LogP contribution in [-0.4, -0.2) is 56.5 Å². The lowest BCUT2D eigenvalue weighted by atomic mass is 9.95. The molecule has 13 heteroatoms. The van der Waals surface area contributed by atoms with E-state index in [9.17, 15) is 14.7 Å². The Hall–Kier alpha value is -5.46. The largest absolute Gasteiger partial charge is 0.490 e. The van der Waals surface area contributed by atoms with Crippen LogP contribution in [-0.2, 0) is 16.1 Å². The molecular formula is C37H39ClN4O8. The summed E-state index contributed by atoms with van der Waals surface area (Å²) in [6, 6.07) is 21.4. The number of ether oxygens (including phenoxy) is 5. The minimum absolute atomic E-state index is 0.181. The second-order valence-electron chi connectivity index (χ2n) is 11.1. The molecule has 0 saturated carbocycles. The van der Waals surface area contributed by atoms with Crippen LogP contribution < -0.4 is 35.0 Å². The molecule has 0 aliphatic carbocycles. The SMILES string of the molecule is CCOc1cc([C@@H]2NC(=O)NC(C)=C2C(=O)OC)ccc1OC[C@@H](O)N/N=C\c1cc(Cl)c(OCc2cccc3ccccc23)c(OCC)c1. The van der Waals surface area contributed by atoms with Crippen molar-refractivity contribution in [3.05, 3.63) is 106 Å².